The normalized spacial score (nSPS) is 13.5. The Morgan fingerprint density at radius 3 is 2.07 bits per heavy atom. The number of carbonyl (C=O) groups excluding carboxylic acids is 1. The maximum absolute atomic E-state index is 12.7. The van der Waals surface area contributed by atoms with Gasteiger partial charge in [-0.3, -0.25) is 4.79 Å². The minimum absolute atomic E-state index is 0.0883. The molecule has 1 aliphatic rings. The van der Waals surface area contributed by atoms with Crippen molar-refractivity contribution in [2.45, 2.75) is 22.3 Å². The van der Waals surface area contributed by atoms with Crippen LogP contribution in [0, 0.1) is 0 Å². The average molecular weight is 419 g/mol. The first-order valence-corrected chi connectivity index (χ1v) is 11.2. The summed E-state index contributed by atoms with van der Waals surface area (Å²) in [5.74, 6) is 0.0883. The Morgan fingerprint density at radius 1 is 0.900 bits per heavy atom. The van der Waals surface area contributed by atoms with Gasteiger partial charge in [0.1, 0.15) is 6.04 Å². The van der Waals surface area contributed by atoms with Gasteiger partial charge in [-0.15, -0.1) is 0 Å². The van der Waals surface area contributed by atoms with Crippen LogP contribution in [-0.2, 0) is 4.79 Å². The largest absolute Gasteiger partial charge is 0.350 e. The quantitative estimate of drug-likeness (QED) is 0.615. The molecule has 4 rings (SSSR count). The van der Waals surface area contributed by atoms with Gasteiger partial charge in [0, 0.05) is 28.3 Å². The molecule has 154 valence electrons. The van der Waals surface area contributed by atoms with Gasteiger partial charge in [0.05, 0.1) is 32.0 Å². The molecular formula is C25H28N3OS+. The highest BCUT2D eigenvalue weighted by Gasteiger charge is 2.24. The molecule has 1 heterocycles. The molecule has 3 aromatic rings. The number of anilines is 2. The van der Waals surface area contributed by atoms with E-state index in [0.29, 0.717) is 19.5 Å². The second kappa shape index (κ2) is 9.37. The molecule has 0 radical (unpaired) electrons. The maximum atomic E-state index is 12.7. The molecule has 1 aliphatic heterocycles. The van der Waals surface area contributed by atoms with Crippen molar-refractivity contribution in [1.29, 1.82) is 0 Å². The summed E-state index contributed by atoms with van der Waals surface area (Å²) in [6.45, 7) is 1.29. The van der Waals surface area contributed by atoms with Crippen molar-refractivity contribution >= 4 is 29.0 Å². The zero-order valence-corrected chi connectivity index (χ0v) is 18.3. The van der Waals surface area contributed by atoms with E-state index in [1.54, 1.807) is 11.8 Å². The third kappa shape index (κ3) is 4.53. The summed E-state index contributed by atoms with van der Waals surface area (Å²) in [6.07, 6.45) is 0.456. The van der Waals surface area contributed by atoms with E-state index in [1.807, 2.05) is 6.07 Å². The molecule has 4 nitrogen and oxygen atoms in total. The van der Waals surface area contributed by atoms with Crippen molar-refractivity contribution in [2.24, 2.45) is 0 Å². The van der Waals surface area contributed by atoms with E-state index in [1.165, 1.54) is 31.6 Å². The standard InChI is InChI=1S/C25H27N3OS/c1-27(2)22(19-10-4-3-5-11-19)18-26-25(29)16-17-28-20-12-6-8-14-23(20)30-24-15-9-7-13-21(24)28/h3-15,22H,16-18H2,1-2H3,(H,26,29)/p+1/t22-/m0/s1. The molecule has 3 aromatic carbocycles. The average Bonchev–Trinajstić information content (AvgIpc) is 2.77. The van der Waals surface area contributed by atoms with Crippen LogP contribution < -0.4 is 15.1 Å². The minimum atomic E-state index is 0.0883. The van der Waals surface area contributed by atoms with Crippen LogP contribution in [0.5, 0.6) is 0 Å². The number of hydrogen-bond acceptors (Lipinski definition) is 3. The Morgan fingerprint density at radius 2 is 1.47 bits per heavy atom. The first-order valence-electron chi connectivity index (χ1n) is 10.4. The lowest BCUT2D eigenvalue weighted by Gasteiger charge is -2.32. The number of hydrogen-bond donors (Lipinski definition) is 2. The Labute approximate surface area is 182 Å². The Hall–Kier alpha value is -2.76. The summed E-state index contributed by atoms with van der Waals surface area (Å²) in [4.78, 5) is 18.8. The van der Waals surface area contributed by atoms with E-state index in [2.05, 4.69) is 97.1 Å². The second-order valence-electron chi connectivity index (χ2n) is 7.78. The summed E-state index contributed by atoms with van der Waals surface area (Å²) in [5.41, 5.74) is 3.59. The second-order valence-corrected chi connectivity index (χ2v) is 8.87. The van der Waals surface area contributed by atoms with Crippen molar-refractivity contribution in [2.75, 3.05) is 32.1 Å². The smallest absolute Gasteiger partial charge is 0.222 e. The SMILES string of the molecule is C[NH+](C)[C@@H](CNC(=O)CCN1c2ccccc2Sc2ccccc21)c1ccccc1. The minimum Gasteiger partial charge on any atom is -0.350 e. The molecule has 0 spiro atoms. The van der Waals surface area contributed by atoms with Crippen molar-refractivity contribution < 1.29 is 9.69 Å². The monoisotopic (exact) mass is 418 g/mol. The summed E-state index contributed by atoms with van der Waals surface area (Å²) >= 11 is 1.79. The highest BCUT2D eigenvalue weighted by atomic mass is 32.2. The van der Waals surface area contributed by atoms with E-state index in [-0.39, 0.29) is 11.9 Å². The van der Waals surface area contributed by atoms with Crippen LogP contribution in [0.1, 0.15) is 18.0 Å². The predicted molar refractivity (Wildman–Crippen MR) is 124 cm³/mol. The molecule has 0 saturated heterocycles. The summed E-state index contributed by atoms with van der Waals surface area (Å²) in [7, 11) is 4.26. The van der Waals surface area contributed by atoms with Crippen LogP contribution in [0.15, 0.2) is 88.7 Å². The number of nitrogens with one attached hydrogen (secondary N) is 2. The Kier molecular flexibility index (Phi) is 6.41. The topological polar surface area (TPSA) is 36.8 Å². The third-order valence-electron chi connectivity index (χ3n) is 5.50. The Bertz CT molecular complexity index is 961. The summed E-state index contributed by atoms with van der Waals surface area (Å²) in [5, 5.41) is 3.16. The fourth-order valence-corrected chi connectivity index (χ4v) is 4.98. The van der Waals surface area contributed by atoms with Gasteiger partial charge in [-0.1, -0.05) is 66.4 Å². The van der Waals surface area contributed by atoms with Crippen LogP contribution in [0.4, 0.5) is 11.4 Å². The molecule has 0 fully saturated rings. The Balaban J connectivity index is 1.42. The van der Waals surface area contributed by atoms with Crippen LogP contribution in [0.2, 0.25) is 0 Å². The molecule has 0 saturated carbocycles. The van der Waals surface area contributed by atoms with Gasteiger partial charge in [0.2, 0.25) is 5.91 Å². The molecule has 1 atom stereocenters. The van der Waals surface area contributed by atoms with E-state index in [9.17, 15) is 4.79 Å². The highest BCUT2D eigenvalue weighted by molar-refractivity contribution is 7.99. The number of quaternary nitrogens is 1. The van der Waals surface area contributed by atoms with Crippen molar-refractivity contribution in [3.8, 4) is 0 Å². The molecule has 5 heteroatoms. The van der Waals surface area contributed by atoms with Crippen molar-refractivity contribution in [1.82, 2.24) is 5.32 Å². The lowest BCUT2D eigenvalue weighted by molar-refractivity contribution is -0.890. The fraction of sp³-hybridized carbons (Fsp3) is 0.240. The van der Waals surface area contributed by atoms with E-state index >= 15 is 0 Å². The molecule has 0 unspecified atom stereocenters. The third-order valence-corrected chi connectivity index (χ3v) is 6.63. The number of amides is 1. The fourth-order valence-electron chi connectivity index (χ4n) is 3.88. The van der Waals surface area contributed by atoms with Crippen LogP contribution in [0.3, 0.4) is 0 Å². The molecule has 1 amide bonds. The highest BCUT2D eigenvalue weighted by Crippen LogP contribution is 2.47. The lowest BCUT2D eigenvalue weighted by Crippen LogP contribution is -3.07. The molecule has 30 heavy (non-hydrogen) atoms. The van der Waals surface area contributed by atoms with Gasteiger partial charge >= 0.3 is 0 Å². The number of likely N-dealkylation sites (N-methyl/N-ethyl adjacent to an activating group) is 1. The zero-order chi connectivity index (χ0) is 20.9. The van der Waals surface area contributed by atoms with Gasteiger partial charge in [-0.2, -0.15) is 0 Å². The van der Waals surface area contributed by atoms with Crippen molar-refractivity contribution in [3.63, 3.8) is 0 Å². The molecule has 2 N–H and O–H groups in total. The van der Waals surface area contributed by atoms with Crippen LogP contribution in [0.25, 0.3) is 0 Å². The van der Waals surface area contributed by atoms with E-state index in [4.69, 9.17) is 0 Å². The van der Waals surface area contributed by atoms with Gasteiger partial charge in [-0.05, 0) is 24.3 Å². The van der Waals surface area contributed by atoms with E-state index in [0.717, 1.165) is 0 Å². The number of nitrogens with zero attached hydrogens (tertiary/aromatic N) is 1. The van der Waals surface area contributed by atoms with Crippen LogP contribution in [-0.4, -0.2) is 33.1 Å². The lowest BCUT2D eigenvalue weighted by atomic mass is 10.1. The first-order chi connectivity index (χ1) is 14.6. The van der Waals surface area contributed by atoms with Gasteiger partial charge in [0.25, 0.3) is 0 Å². The number of para-hydroxylation sites is 2. The molecule has 0 aliphatic carbocycles. The van der Waals surface area contributed by atoms with Crippen LogP contribution >= 0.6 is 11.8 Å². The number of fused-ring (bicyclic) bond motifs is 2. The first kappa shape index (κ1) is 20.5. The molecular weight excluding hydrogens is 390 g/mol. The van der Waals surface area contributed by atoms with Crippen molar-refractivity contribution in [3.05, 3.63) is 84.4 Å². The molecule has 0 aromatic heterocycles. The predicted octanol–water partition coefficient (Wildman–Crippen LogP) is 3.68. The van der Waals surface area contributed by atoms with Gasteiger partial charge in [0.15, 0.2) is 0 Å². The van der Waals surface area contributed by atoms with Gasteiger partial charge < -0.3 is 15.1 Å². The maximum Gasteiger partial charge on any atom is 0.222 e. The van der Waals surface area contributed by atoms with Gasteiger partial charge in [-0.25, -0.2) is 0 Å². The van der Waals surface area contributed by atoms with E-state index < -0.39 is 0 Å². The zero-order valence-electron chi connectivity index (χ0n) is 17.5. The summed E-state index contributed by atoms with van der Waals surface area (Å²) < 4.78 is 0. The number of rotatable bonds is 7. The molecule has 0 bridgehead atoms. The number of benzene rings is 3. The number of carbonyl (C=O) groups is 1. The summed E-state index contributed by atoms with van der Waals surface area (Å²) in [6, 6.07) is 27.4.